The molecule has 0 atom stereocenters. The van der Waals surface area contributed by atoms with E-state index >= 15 is 0 Å². The summed E-state index contributed by atoms with van der Waals surface area (Å²) in [6.07, 6.45) is 26.9. The Hall–Kier alpha value is -6.04. The molecule has 0 heterocycles. The molecule has 5 rings (SSSR count). The number of methoxy groups -OCH3 is 4. The Kier molecular flexibility index (Phi) is 29.4. The number of ether oxygens (including phenoxy) is 8. The van der Waals surface area contributed by atoms with Crippen LogP contribution in [0.5, 0.6) is 23.0 Å². The molecule has 0 unspecified atom stereocenters. The third-order valence-corrected chi connectivity index (χ3v) is 15.3. The van der Waals surface area contributed by atoms with Crippen molar-refractivity contribution in [1.82, 2.24) is 0 Å². The van der Waals surface area contributed by atoms with Crippen LogP contribution in [0, 0.1) is 0 Å². The van der Waals surface area contributed by atoms with E-state index in [1.165, 1.54) is 54.1 Å². The minimum Gasteiger partial charge on any atom is -0.481 e. The van der Waals surface area contributed by atoms with Crippen LogP contribution in [0.2, 0.25) is 0 Å². The first-order valence-electron chi connectivity index (χ1n) is 30.3. The van der Waals surface area contributed by atoms with Crippen molar-refractivity contribution in [2.24, 2.45) is 0 Å². The van der Waals surface area contributed by atoms with E-state index in [2.05, 4.69) is 76.2 Å². The molecule has 0 radical (unpaired) electrons. The number of hydrogen-bond donors (Lipinski definition) is 0. The zero-order chi connectivity index (χ0) is 57.5. The van der Waals surface area contributed by atoms with Gasteiger partial charge in [0, 0.05) is 25.7 Å². The molecular formula is C68H96O12. The van der Waals surface area contributed by atoms with E-state index in [-0.39, 0.29) is 26.4 Å². The third-order valence-electron chi connectivity index (χ3n) is 15.3. The molecule has 12 heteroatoms. The smallest absolute Gasteiger partial charge is 0.343 e. The second-order valence-corrected chi connectivity index (χ2v) is 21.8. The van der Waals surface area contributed by atoms with Gasteiger partial charge in [-0.05, 0) is 118 Å². The highest BCUT2D eigenvalue weighted by atomic mass is 16.6. The Labute approximate surface area is 479 Å². The van der Waals surface area contributed by atoms with Crippen molar-refractivity contribution in [3.63, 3.8) is 0 Å². The zero-order valence-corrected chi connectivity index (χ0v) is 50.1. The number of carbonyl (C=O) groups excluding carboxylic acids is 4. The fourth-order valence-corrected chi connectivity index (χ4v) is 11.0. The van der Waals surface area contributed by atoms with Crippen LogP contribution in [0.4, 0.5) is 0 Å². The van der Waals surface area contributed by atoms with Gasteiger partial charge in [-0.15, -0.1) is 0 Å². The van der Waals surface area contributed by atoms with Gasteiger partial charge in [0.05, 0.1) is 28.4 Å². The standard InChI is InChI=1S/C68H96O12/c1-9-13-17-21-25-29-49-33-53-41-55-35-50(30-26-22-18-14-10-2)37-57(66(55)78-46-62(70)74-6)43-59-39-52(32-28-24-20-16-12-4)40-60(68(59)80-48-64(72)76-8)44-58-38-51(31-27-23-19-15-11-3)36-56(67(58)79-47-63(71)75-7)42-54(34-49)65(53)77-45-61(69)73-5/h33-40H,9-32,41-48H2,1-8H3. The van der Waals surface area contributed by atoms with Crippen molar-refractivity contribution >= 4 is 23.9 Å². The first-order valence-corrected chi connectivity index (χ1v) is 30.3. The van der Waals surface area contributed by atoms with Crippen molar-refractivity contribution < 1.29 is 57.1 Å². The highest BCUT2D eigenvalue weighted by molar-refractivity contribution is 5.73. The van der Waals surface area contributed by atoms with Crippen molar-refractivity contribution in [2.45, 2.75) is 207 Å². The minimum absolute atomic E-state index is 0.319. The fourth-order valence-electron chi connectivity index (χ4n) is 11.0. The van der Waals surface area contributed by atoms with Gasteiger partial charge in [-0.1, -0.05) is 179 Å². The van der Waals surface area contributed by atoms with Crippen LogP contribution >= 0.6 is 0 Å². The third kappa shape index (κ3) is 21.5. The van der Waals surface area contributed by atoms with E-state index in [1.807, 2.05) is 0 Å². The summed E-state index contributed by atoms with van der Waals surface area (Å²) in [4.78, 5) is 52.5. The highest BCUT2D eigenvalue weighted by Gasteiger charge is 2.26. The van der Waals surface area contributed by atoms with Crippen LogP contribution in [-0.2, 0) is 89.5 Å². The SMILES string of the molecule is CCCCCCCc1cc2c(OCC(=O)OC)c(c1)Cc1cc(CCCCCCC)cc(c1OCC(=O)OC)Cc1cc(CCCCCCC)cc(c1OCC(=O)OC)Cc1cc(CCCCCCC)cc(c1OCC(=O)OC)C2. The average Bonchev–Trinajstić information content (AvgIpc) is 3.50. The van der Waals surface area contributed by atoms with Gasteiger partial charge in [-0.2, -0.15) is 0 Å². The predicted molar refractivity (Wildman–Crippen MR) is 317 cm³/mol. The molecule has 0 aliphatic heterocycles. The molecule has 12 nitrogen and oxygen atoms in total. The summed E-state index contributed by atoms with van der Waals surface area (Å²) < 4.78 is 47.6. The lowest BCUT2D eigenvalue weighted by Gasteiger charge is -2.25. The Balaban J connectivity index is 1.94. The maximum absolute atomic E-state index is 13.1. The van der Waals surface area contributed by atoms with E-state index in [9.17, 15) is 19.2 Å². The molecule has 440 valence electrons. The summed E-state index contributed by atoms with van der Waals surface area (Å²) in [5.74, 6) is 0.167. The van der Waals surface area contributed by atoms with E-state index in [0.717, 1.165) is 195 Å². The molecule has 4 aromatic rings. The van der Waals surface area contributed by atoms with Gasteiger partial charge in [-0.25, -0.2) is 19.2 Å². The maximum Gasteiger partial charge on any atom is 0.343 e. The molecule has 8 bridgehead atoms. The molecule has 1 aliphatic carbocycles. The molecule has 0 fully saturated rings. The Morgan fingerprint density at radius 2 is 0.463 bits per heavy atom. The number of fused-ring (bicyclic) bond motifs is 8. The van der Waals surface area contributed by atoms with Gasteiger partial charge >= 0.3 is 23.9 Å². The van der Waals surface area contributed by atoms with Gasteiger partial charge in [0.1, 0.15) is 23.0 Å². The Bertz CT molecular complexity index is 2120. The second-order valence-electron chi connectivity index (χ2n) is 21.8. The van der Waals surface area contributed by atoms with Gasteiger partial charge in [0.25, 0.3) is 0 Å². The van der Waals surface area contributed by atoms with Crippen LogP contribution in [0.25, 0.3) is 0 Å². The molecule has 0 N–H and O–H groups in total. The molecule has 80 heavy (non-hydrogen) atoms. The summed E-state index contributed by atoms with van der Waals surface area (Å²) in [5, 5.41) is 0. The molecule has 4 aromatic carbocycles. The second kappa shape index (κ2) is 36.3. The summed E-state index contributed by atoms with van der Waals surface area (Å²) in [6, 6.07) is 17.7. The number of unbranched alkanes of at least 4 members (excludes halogenated alkanes) is 16. The zero-order valence-electron chi connectivity index (χ0n) is 50.1. The van der Waals surface area contributed by atoms with Crippen LogP contribution in [0.15, 0.2) is 48.5 Å². The number of aryl methyl sites for hydroxylation is 4. The van der Waals surface area contributed by atoms with Crippen molar-refractivity contribution in [3.8, 4) is 23.0 Å². The number of benzene rings is 4. The summed E-state index contributed by atoms with van der Waals surface area (Å²) in [7, 11) is 5.43. The molecule has 1 aliphatic rings. The lowest BCUT2D eigenvalue weighted by atomic mass is 9.87. The number of esters is 4. The van der Waals surface area contributed by atoms with E-state index in [0.29, 0.717) is 48.7 Å². The van der Waals surface area contributed by atoms with Crippen LogP contribution in [0.3, 0.4) is 0 Å². The highest BCUT2D eigenvalue weighted by Crippen LogP contribution is 2.42. The first-order chi connectivity index (χ1) is 39.0. The van der Waals surface area contributed by atoms with Crippen molar-refractivity contribution in [1.29, 1.82) is 0 Å². The van der Waals surface area contributed by atoms with Gasteiger partial charge in [0.15, 0.2) is 26.4 Å². The monoisotopic (exact) mass is 1100 g/mol. The van der Waals surface area contributed by atoms with Crippen LogP contribution in [0.1, 0.15) is 223 Å². The average molecular weight is 1110 g/mol. The van der Waals surface area contributed by atoms with E-state index < -0.39 is 23.9 Å². The van der Waals surface area contributed by atoms with Gasteiger partial charge < -0.3 is 37.9 Å². The summed E-state index contributed by atoms with van der Waals surface area (Å²) in [6.45, 7) is 7.62. The lowest BCUT2D eigenvalue weighted by molar-refractivity contribution is -0.143. The topological polar surface area (TPSA) is 142 Å². The summed E-state index contributed by atoms with van der Waals surface area (Å²) >= 11 is 0. The lowest BCUT2D eigenvalue weighted by Crippen LogP contribution is -2.18. The van der Waals surface area contributed by atoms with Gasteiger partial charge in [-0.3, -0.25) is 0 Å². The van der Waals surface area contributed by atoms with E-state index in [1.54, 1.807) is 0 Å². The quantitative estimate of drug-likeness (QED) is 0.0214. The molecule has 0 saturated heterocycles. The molecule has 0 amide bonds. The van der Waals surface area contributed by atoms with Crippen molar-refractivity contribution in [3.05, 3.63) is 115 Å². The Morgan fingerprint density at radius 3 is 0.625 bits per heavy atom. The van der Waals surface area contributed by atoms with Crippen LogP contribution in [-0.4, -0.2) is 78.7 Å². The van der Waals surface area contributed by atoms with Gasteiger partial charge in [0.2, 0.25) is 0 Å². The largest absolute Gasteiger partial charge is 0.481 e. The maximum atomic E-state index is 13.1. The van der Waals surface area contributed by atoms with Crippen molar-refractivity contribution in [2.75, 3.05) is 54.9 Å². The molecule has 0 aromatic heterocycles. The first kappa shape index (κ1) is 64.8. The number of rotatable bonds is 36. The molecule has 0 saturated carbocycles. The summed E-state index contributed by atoms with van der Waals surface area (Å²) in [5.41, 5.74) is 11.4. The van der Waals surface area contributed by atoms with Crippen LogP contribution < -0.4 is 18.9 Å². The molecular weight excluding hydrogens is 1010 g/mol. The predicted octanol–water partition coefficient (Wildman–Crippen LogP) is 14.6. The normalized spacial score (nSPS) is 11.9. The minimum atomic E-state index is -0.514. The number of hydrogen-bond acceptors (Lipinski definition) is 12. The Morgan fingerprint density at radius 1 is 0.287 bits per heavy atom. The molecule has 0 spiro atoms. The number of carbonyl (C=O) groups is 4. The van der Waals surface area contributed by atoms with E-state index in [4.69, 9.17) is 37.9 Å². The fraction of sp³-hybridized carbons (Fsp3) is 0.588.